The Morgan fingerprint density at radius 2 is 1.96 bits per heavy atom. The molecule has 0 spiro atoms. The molecule has 0 aliphatic rings. The predicted octanol–water partition coefficient (Wildman–Crippen LogP) is 2.82. The summed E-state index contributed by atoms with van der Waals surface area (Å²) in [4.78, 5) is 12.1. The molecule has 0 fully saturated rings. The first-order chi connectivity index (χ1) is 12.6. The van der Waals surface area contributed by atoms with Crippen LogP contribution in [0.2, 0.25) is 0 Å². The Hall–Kier alpha value is -2.46. The molecule has 0 aliphatic heterocycles. The van der Waals surface area contributed by atoms with Crippen molar-refractivity contribution in [2.24, 2.45) is 0 Å². The number of nitrogens with zero attached hydrogens (tertiary/aromatic N) is 5. The maximum atomic E-state index is 12.1. The second-order valence-corrected chi connectivity index (χ2v) is 7.29. The van der Waals surface area contributed by atoms with Crippen molar-refractivity contribution >= 4 is 34.1 Å². The lowest BCUT2D eigenvalue weighted by Crippen LogP contribution is -2.14. The number of anilines is 1. The van der Waals surface area contributed by atoms with Crippen LogP contribution in [-0.4, -0.2) is 41.7 Å². The molecule has 26 heavy (non-hydrogen) atoms. The molecule has 0 bridgehead atoms. The van der Waals surface area contributed by atoms with E-state index in [-0.39, 0.29) is 17.4 Å². The van der Waals surface area contributed by atoms with Gasteiger partial charge in [0.1, 0.15) is 10.8 Å². The molecule has 2 aromatic heterocycles. The molecule has 10 heteroatoms. The van der Waals surface area contributed by atoms with Gasteiger partial charge >= 0.3 is 0 Å². The molecule has 0 saturated carbocycles. The van der Waals surface area contributed by atoms with Gasteiger partial charge in [0.05, 0.1) is 5.75 Å². The second kappa shape index (κ2) is 8.28. The van der Waals surface area contributed by atoms with Gasteiger partial charge < -0.3 is 9.67 Å². The average Bonchev–Trinajstić information content (AvgIpc) is 3.26. The molecule has 136 valence electrons. The van der Waals surface area contributed by atoms with Crippen LogP contribution in [0.5, 0.6) is 5.75 Å². The molecule has 0 aliphatic carbocycles. The summed E-state index contributed by atoms with van der Waals surface area (Å²) in [6.45, 7) is 4.65. The number of carbonyl (C=O) groups is 1. The van der Waals surface area contributed by atoms with Crippen LogP contribution in [0.15, 0.2) is 29.4 Å². The lowest BCUT2D eigenvalue weighted by atomic mass is 10.2. The predicted molar refractivity (Wildman–Crippen MR) is 101 cm³/mol. The number of phenols is 1. The standard InChI is InChI=1S/C16H18N6O2S2/c1-3-13-18-20-15(26-13)17-12(24)9-25-16-21-19-14(22(16)4-2)10-5-7-11(23)8-6-10/h5-8,23H,3-4,9H2,1-2H3,(H,17,20,24). The van der Waals surface area contributed by atoms with Crippen molar-refractivity contribution < 1.29 is 9.90 Å². The number of aryl methyl sites for hydroxylation is 1. The lowest BCUT2D eigenvalue weighted by Gasteiger charge is -2.07. The van der Waals surface area contributed by atoms with E-state index >= 15 is 0 Å². The van der Waals surface area contributed by atoms with Crippen molar-refractivity contribution in [1.82, 2.24) is 25.0 Å². The van der Waals surface area contributed by atoms with Crippen molar-refractivity contribution in [3.63, 3.8) is 0 Å². The number of nitrogens with one attached hydrogen (secondary N) is 1. The van der Waals surface area contributed by atoms with Crippen LogP contribution >= 0.6 is 23.1 Å². The third-order valence-electron chi connectivity index (χ3n) is 3.51. The number of hydrogen-bond donors (Lipinski definition) is 2. The molecule has 0 radical (unpaired) electrons. The van der Waals surface area contributed by atoms with Crippen LogP contribution in [-0.2, 0) is 17.8 Å². The number of hydrogen-bond acceptors (Lipinski definition) is 8. The molecular weight excluding hydrogens is 372 g/mol. The van der Waals surface area contributed by atoms with E-state index < -0.39 is 0 Å². The van der Waals surface area contributed by atoms with Crippen LogP contribution < -0.4 is 5.32 Å². The summed E-state index contributed by atoms with van der Waals surface area (Å²) in [5, 5.41) is 30.6. The Morgan fingerprint density at radius 1 is 1.19 bits per heavy atom. The third-order valence-corrected chi connectivity index (χ3v) is 5.46. The van der Waals surface area contributed by atoms with Crippen LogP contribution in [0.3, 0.4) is 0 Å². The number of thioether (sulfide) groups is 1. The molecule has 1 amide bonds. The normalized spacial score (nSPS) is 10.8. The Kier molecular flexibility index (Phi) is 5.84. The molecule has 0 unspecified atom stereocenters. The molecular formula is C16H18N6O2S2. The quantitative estimate of drug-likeness (QED) is 0.598. The molecule has 8 nitrogen and oxygen atoms in total. The van der Waals surface area contributed by atoms with Crippen molar-refractivity contribution in [2.45, 2.75) is 32.0 Å². The maximum Gasteiger partial charge on any atom is 0.236 e. The van der Waals surface area contributed by atoms with Crippen molar-refractivity contribution in [2.75, 3.05) is 11.1 Å². The van der Waals surface area contributed by atoms with Crippen LogP contribution in [0, 0.1) is 0 Å². The van der Waals surface area contributed by atoms with Gasteiger partial charge in [0.15, 0.2) is 11.0 Å². The fourth-order valence-electron chi connectivity index (χ4n) is 2.24. The first-order valence-electron chi connectivity index (χ1n) is 8.08. The van der Waals surface area contributed by atoms with Gasteiger partial charge in [-0.2, -0.15) is 0 Å². The number of phenolic OH excluding ortho intramolecular Hbond substituents is 1. The van der Waals surface area contributed by atoms with Gasteiger partial charge in [-0.05, 0) is 37.6 Å². The zero-order valence-electron chi connectivity index (χ0n) is 14.3. The topological polar surface area (TPSA) is 106 Å². The van der Waals surface area contributed by atoms with Gasteiger partial charge in [-0.15, -0.1) is 20.4 Å². The van der Waals surface area contributed by atoms with E-state index in [1.165, 1.54) is 23.1 Å². The van der Waals surface area contributed by atoms with Gasteiger partial charge in [-0.1, -0.05) is 30.0 Å². The van der Waals surface area contributed by atoms with E-state index in [1.807, 2.05) is 18.4 Å². The Labute approximate surface area is 158 Å². The van der Waals surface area contributed by atoms with Gasteiger partial charge in [0.2, 0.25) is 11.0 Å². The molecule has 3 aromatic rings. The minimum absolute atomic E-state index is 0.161. The highest BCUT2D eigenvalue weighted by atomic mass is 32.2. The number of aromatic hydroxyl groups is 1. The van der Waals surface area contributed by atoms with Gasteiger partial charge in [-0.3, -0.25) is 10.1 Å². The van der Waals surface area contributed by atoms with Gasteiger partial charge in [0, 0.05) is 12.1 Å². The van der Waals surface area contributed by atoms with Gasteiger partial charge in [0.25, 0.3) is 0 Å². The minimum Gasteiger partial charge on any atom is -0.508 e. The zero-order chi connectivity index (χ0) is 18.5. The SMILES string of the molecule is CCc1nnc(NC(=O)CSc2nnc(-c3ccc(O)cc3)n2CC)s1. The minimum atomic E-state index is -0.161. The fourth-order valence-corrected chi connectivity index (χ4v) is 3.74. The summed E-state index contributed by atoms with van der Waals surface area (Å²) in [5.41, 5.74) is 0.856. The lowest BCUT2D eigenvalue weighted by molar-refractivity contribution is -0.113. The summed E-state index contributed by atoms with van der Waals surface area (Å²) in [7, 11) is 0. The van der Waals surface area contributed by atoms with E-state index in [4.69, 9.17) is 0 Å². The highest BCUT2D eigenvalue weighted by Gasteiger charge is 2.15. The Bertz CT molecular complexity index is 891. The first-order valence-corrected chi connectivity index (χ1v) is 9.88. The number of rotatable bonds is 7. The number of aromatic nitrogens is 5. The van der Waals surface area contributed by atoms with Crippen molar-refractivity contribution in [1.29, 1.82) is 0 Å². The summed E-state index contributed by atoms with van der Waals surface area (Å²) in [5.74, 6) is 0.942. The van der Waals surface area contributed by atoms with E-state index in [2.05, 4.69) is 25.7 Å². The average molecular weight is 390 g/mol. The highest BCUT2D eigenvalue weighted by Crippen LogP contribution is 2.25. The summed E-state index contributed by atoms with van der Waals surface area (Å²) in [6.07, 6.45) is 0.794. The summed E-state index contributed by atoms with van der Waals surface area (Å²) >= 11 is 2.69. The molecule has 1 aromatic carbocycles. The summed E-state index contributed by atoms with van der Waals surface area (Å²) < 4.78 is 1.93. The molecule has 2 heterocycles. The van der Waals surface area contributed by atoms with Crippen molar-refractivity contribution in [3.05, 3.63) is 29.3 Å². The fraction of sp³-hybridized carbons (Fsp3) is 0.312. The molecule has 0 saturated heterocycles. The third kappa shape index (κ3) is 4.20. The van der Waals surface area contributed by atoms with E-state index in [0.717, 1.165) is 17.0 Å². The van der Waals surface area contributed by atoms with Crippen molar-refractivity contribution in [3.8, 4) is 17.1 Å². The zero-order valence-corrected chi connectivity index (χ0v) is 16.0. The van der Waals surface area contributed by atoms with Crippen LogP contribution in [0.1, 0.15) is 18.9 Å². The van der Waals surface area contributed by atoms with E-state index in [1.54, 1.807) is 24.3 Å². The Morgan fingerprint density at radius 3 is 2.62 bits per heavy atom. The molecule has 2 N–H and O–H groups in total. The first kappa shape index (κ1) is 18.3. The van der Waals surface area contributed by atoms with Gasteiger partial charge in [-0.25, -0.2) is 0 Å². The second-order valence-electron chi connectivity index (χ2n) is 5.29. The van der Waals surface area contributed by atoms with Crippen LogP contribution in [0.25, 0.3) is 11.4 Å². The summed E-state index contributed by atoms with van der Waals surface area (Å²) in [6, 6.07) is 6.79. The van der Waals surface area contributed by atoms with E-state index in [0.29, 0.717) is 22.7 Å². The van der Waals surface area contributed by atoms with E-state index in [9.17, 15) is 9.90 Å². The smallest absolute Gasteiger partial charge is 0.236 e. The largest absolute Gasteiger partial charge is 0.508 e. The molecule has 0 atom stereocenters. The molecule has 3 rings (SSSR count). The highest BCUT2D eigenvalue weighted by molar-refractivity contribution is 7.99. The number of amides is 1. The van der Waals surface area contributed by atoms with Crippen LogP contribution in [0.4, 0.5) is 5.13 Å². The monoisotopic (exact) mass is 390 g/mol. The Balaban J connectivity index is 1.66. The number of benzene rings is 1. The number of carbonyl (C=O) groups excluding carboxylic acids is 1. The maximum absolute atomic E-state index is 12.1.